The molecule has 2 aromatic heterocycles. The van der Waals surface area contributed by atoms with E-state index in [1.54, 1.807) is 38.5 Å². The average Bonchev–Trinajstić information content (AvgIpc) is 3.01. The van der Waals surface area contributed by atoms with Gasteiger partial charge in [0, 0.05) is 13.1 Å². The lowest BCUT2D eigenvalue weighted by Crippen LogP contribution is -2.30. The third-order valence-corrected chi connectivity index (χ3v) is 8.51. The van der Waals surface area contributed by atoms with Crippen LogP contribution in [0.1, 0.15) is 38.8 Å². The smallest absolute Gasteiger partial charge is 0.316 e. The molecule has 0 saturated carbocycles. The number of primary sulfonamides is 1. The van der Waals surface area contributed by atoms with Gasteiger partial charge in [-0.05, 0) is 63.1 Å². The van der Waals surface area contributed by atoms with Crippen LogP contribution in [0.25, 0.3) is 0 Å². The molecular weight excluding hydrogens is 636 g/mol. The minimum atomic E-state index is -3.88. The number of benzene rings is 2. The van der Waals surface area contributed by atoms with Crippen molar-refractivity contribution in [3.63, 3.8) is 0 Å². The molecule has 4 aromatic rings. The maximum Gasteiger partial charge on any atom is 0.316 e. The number of ether oxygens (including phenoxy) is 4. The number of nitrogens with two attached hydrogens (primary N) is 1. The Morgan fingerprint density at radius 1 is 0.630 bits per heavy atom. The van der Waals surface area contributed by atoms with Crippen molar-refractivity contribution < 1.29 is 35.8 Å². The molecule has 0 aliphatic rings. The maximum absolute atomic E-state index is 13.5. The minimum absolute atomic E-state index is 0.00405. The summed E-state index contributed by atoms with van der Waals surface area (Å²) in [6.45, 7) is 7.66. The Morgan fingerprint density at radius 2 is 0.978 bits per heavy atom. The van der Waals surface area contributed by atoms with E-state index in [-0.39, 0.29) is 47.1 Å². The molecule has 0 radical (unpaired) electrons. The molecule has 2 heterocycles. The van der Waals surface area contributed by atoms with Crippen molar-refractivity contribution in [1.82, 2.24) is 24.2 Å². The van der Waals surface area contributed by atoms with Crippen molar-refractivity contribution >= 4 is 20.0 Å². The zero-order valence-corrected chi connectivity index (χ0v) is 28.0. The molecule has 0 spiro atoms. The second-order valence-corrected chi connectivity index (χ2v) is 13.7. The summed E-state index contributed by atoms with van der Waals surface area (Å²) in [7, 11) is -4.44. The van der Waals surface area contributed by atoms with Crippen LogP contribution in [-0.4, -0.2) is 67.5 Å². The molecule has 0 saturated heterocycles. The fraction of sp³-hybridized carbons (Fsp3) is 0.333. The van der Waals surface area contributed by atoms with Crippen LogP contribution < -0.4 is 24.1 Å². The number of hydrogen-bond donors (Lipinski definition) is 1. The molecule has 0 aliphatic heterocycles. The lowest BCUT2D eigenvalue weighted by atomic mass is 10.2. The number of sulfonamides is 2. The Kier molecular flexibility index (Phi) is 12.8. The van der Waals surface area contributed by atoms with Gasteiger partial charge in [0.05, 0.1) is 51.2 Å². The standard InChI is InChI=1S/C23H27N3O5S.C7H11N3O3S/c1-17(2)31-23-24-13-22(14-25-23)32(27,28)26(15-18-5-9-20(29-3)10-6-18)16-19-7-11-21(30-4)12-8-19;1-5(2)13-7-9-3-6(4-10-7)14(8,11)12/h5-14,17H,15-16H2,1-4H3;3-5H,1-2H3,(H2,8,11,12). The lowest BCUT2D eigenvalue weighted by Gasteiger charge is -2.22. The zero-order chi connectivity index (χ0) is 33.9. The van der Waals surface area contributed by atoms with Crippen LogP contribution in [0, 0.1) is 0 Å². The predicted octanol–water partition coefficient (Wildman–Crippen LogP) is 3.58. The SMILES string of the molecule is CC(C)Oc1ncc(S(N)(=O)=O)cn1.COc1ccc(CN(Cc2ccc(OC)cc2)S(=O)(=O)c2cnc(OC(C)C)nc2)cc1. The van der Waals surface area contributed by atoms with Crippen molar-refractivity contribution in [2.75, 3.05) is 14.2 Å². The summed E-state index contributed by atoms with van der Waals surface area (Å²) in [5, 5.41) is 4.86. The molecular formula is C30H38N6O8S2. The molecule has 4 rings (SSSR count). The largest absolute Gasteiger partial charge is 0.497 e. The third-order valence-electron chi connectivity index (χ3n) is 5.89. The first-order valence-electron chi connectivity index (χ1n) is 14.0. The van der Waals surface area contributed by atoms with E-state index in [1.807, 2.05) is 52.0 Å². The van der Waals surface area contributed by atoms with E-state index in [1.165, 1.54) is 16.7 Å². The first kappa shape index (κ1) is 36.1. The molecule has 248 valence electrons. The van der Waals surface area contributed by atoms with Gasteiger partial charge in [-0.2, -0.15) is 4.31 Å². The van der Waals surface area contributed by atoms with Crippen LogP contribution in [0.5, 0.6) is 23.5 Å². The Balaban J connectivity index is 0.000000344. The molecule has 16 heteroatoms. The second-order valence-electron chi connectivity index (χ2n) is 10.3. The molecule has 46 heavy (non-hydrogen) atoms. The van der Waals surface area contributed by atoms with E-state index >= 15 is 0 Å². The lowest BCUT2D eigenvalue weighted by molar-refractivity contribution is 0.221. The Morgan fingerprint density at radius 3 is 1.28 bits per heavy atom. The Labute approximate surface area is 269 Å². The highest BCUT2D eigenvalue weighted by molar-refractivity contribution is 7.89. The molecule has 14 nitrogen and oxygen atoms in total. The number of hydrogen-bond acceptors (Lipinski definition) is 12. The molecule has 0 bridgehead atoms. The molecule has 0 fully saturated rings. The minimum Gasteiger partial charge on any atom is -0.497 e. The second kappa shape index (κ2) is 16.3. The summed E-state index contributed by atoms with van der Waals surface area (Å²) in [5.41, 5.74) is 1.65. The van der Waals surface area contributed by atoms with Gasteiger partial charge in [-0.25, -0.2) is 41.9 Å². The third kappa shape index (κ3) is 10.9. The highest BCUT2D eigenvalue weighted by atomic mass is 32.2. The van der Waals surface area contributed by atoms with E-state index in [9.17, 15) is 16.8 Å². The predicted molar refractivity (Wildman–Crippen MR) is 169 cm³/mol. The zero-order valence-electron chi connectivity index (χ0n) is 26.4. The molecule has 0 unspecified atom stereocenters. The van der Waals surface area contributed by atoms with Crippen molar-refractivity contribution in [2.24, 2.45) is 5.14 Å². The molecule has 2 N–H and O–H groups in total. The first-order chi connectivity index (χ1) is 21.7. The van der Waals surface area contributed by atoms with Crippen molar-refractivity contribution in [1.29, 1.82) is 0 Å². The fourth-order valence-corrected chi connectivity index (χ4v) is 5.38. The number of rotatable bonds is 13. The molecule has 0 amide bonds. The summed E-state index contributed by atoms with van der Waals surface area (Å²) in [5.74, 6) is 1.40. The highest BCUT2D eigenvalue weighted by Crippen LogP contribution is 2.23. The van der Waals surface area contributed by atoms with Crippen LogP contribution >= 0.6 is 0 Å². The molecule has 0 aliphatic carbocycles. The van der Waals surface area contributed by atoms with Crippen LogP contribution in [0.3, 0.4) is 0 Å². The van der Waals surface area contributed by atoms with Gasteiger partial charge in [0.2, 0.25) is 20.0 Å². The van der Waals surface area contributed by atoms with Gasteiger partial charge in [-0.3, -0.25) is 0 Å². The van der Waals surface area contributed by atoms with Crippen molar-refractivity contribution in [2.45, 2.75) is 62.8 Å². The van der Waals surface area contributed by atoms with E-state index in [4.69, 9.17) is 24.1 Å². The van der Waals surface area contributed by atoms with Crippen molar-refractivity contribution in [3.05, 3.63) is 84.4 Å². The Bertz CT molecular complexity index is 1690. The summed E-state index contributed by atoms with van der Waals surface area (Å²) in [6.07, 6.45) is 4.60. The van der Waals surface area contributed by atoms with Gasteiger partial charge in [0.15, 0.2) is 0 Å². The quantitative estimate of drug-likeness (QED) is 0.218. The fourth-order valence-electron chi connectivity index (χ4n) is 3.68. The topological polar surface area (TPSA) is 186 Å². The number of aromatic nitrogens is 4. The normalized spacial score (nSPS) is 11.6. The van der Waals surface area contributed by atoms with Gasteiger partial charge < -0.3 is 18.9 Å². The highest BCUT2D eigenvalue weighted by Gasteiger charge is 2.26. The molecule has 0 atom stereocenters. The molecule has 2 aromatic carbocycles. The van der Waals surface area contributed by atoms with E-state index in [0.29, 0.717) is 11.5 Å². The van der Waals surface area contributed by atoms with Gasteiger partial charge in [0.1, 0.15) is 21.3 Å². The number of nitrogens with zero attached hydrogens (tertiary/aromatic N) is 5. The first-order valence-corrected chi connectivity index (χ1v) is 17.0. The monoisotopic (exact) mass is 674 g/mol. The average molecular weight is 675 g/mol. The summed E-state index contributed by atoms with van der Waals surface area (Å²) in [4.78, 5) is 15.4. The van der Waals surface area contributed by atoms with E-state index in [2.05, 4.69) is 19.9 Å². The summed E-state index contributed by atoms with van der Waals surface area (Å²) in [6, 6.07) is 14.8. The summed E-state index contributed by atoms with van der Waals surface area (Å²) >= 11 is 0. The number of methoxy groups -OCH3 is 2. The van der Waals surface area contributed by atoms with Gasteiger partial charge in [-0.1, -0.05) is 24.3 Å². The van der Waals surface area contributed by atoms with Gasteiger partial charge >= 0.3 is 12.0 Å². The van der Waals surface area contributed by atoms with Gasteiger partial charge in [0.25, 0.3) is 0 Å². The van der Waals surface area contributed by atoms with Crippen LogP contribution in [-0.2, 0) is 33.1 Å². The van der Waals surface area contributed by atoms with Gasteiger partial charge in [-0.15, -0.1) is 0 Å². The van der Waals surface area contributed by atoms with Crippen LogP contribution in [0.15, 0.2) is 83.1 Å². The van der Waals surface area contributed by atoms with Crippen LogP contribution in [0.4, 0.5) is 0 Å². The maximum atomic E-state index is 13.5. The Hall–Kier alpha value is -4.38. The van der Waals surface area contributed by atoms with Crippen molar-refractivity contribution in [3.8, 4) is 23.5 Å². The van der Waals surface area contributed by atoms with E-state index in [0.717, 1.165) is 23.5 Å². The van der Waals surface area contributed by atoms with Crippen LogP contribution in [0.2, 0.25) is 0 Å². The van der Waals surface area contributed by atoms with E-state index < -0.39 is 20.0 Å². The summed E-state index contributed by atoms with van der Waals surface area (Å²) < 4.78 is 70.9.